The van der Waals surface area contributed by atoms with Crippen molar-refractivity contribution in [3.8, 4) is 0 Å². The minimum atomic E-state index is 0.0444. The summed E-state index contributed by atoms with van der Waals surface area (Å²) >= 11 is 5.76. The van der Waals surface area contributed by atoms with E-state index in [1.807, 2.05) is 6.08 Å². The van der Waals surface area contributed by atoms with Crippen molar-refractivity contribution in [2.75, 3.05) is 0 Å². The van der Waals surface area contributed by atoms with Crippen molar-refractivity contribution in [3.63, 3.8) is 0 Å². The molecule has 0 bridgehead atoms. The number of hydrogen-bond donors (Lipinski definition) is 1. The van der Waals surface area contributed by atoms with Crippen LogP contribution in [-0.2, 0) is 0 Å². The summed E-state index contributed by atoms with van der Waals surface area (Å²) in [5.74, 6) is 0.487. The zero-order valence-corrected chi connectivity index (χ0v) is 7.51. The molecule has 1 nitrogen and oxygen atoms in total. The molecule has 0 aromatic carbocycles. The highest BCUT2D eigenvalue weighted by Gasteiger charge is 2.03. The number of rotatable bonds is 4. The molecule has 0 aromatic rings. The molecule has 0 aliphatic rings. The number of alkyl halides is 1. The number of nitrogens with one attached hydrogen (secondary N) is 1. The highest BCUT2D eigenvalue weighted by Crippen LogP contribution is 2.10. The lowest BCUT2D eigenvalue weighted by Gasteiger charge is -2.09. The van der Waals surface area contributed by atoms with Gasteiger partial charge in [-0.25, -0.2) is 0 Å². The highest BCUT2D eigenvalue weighted by atomic mass is 35.5. The fourth-order valence-corrected chi connectivity index (χ4v) is 0.908. The van der Waals surface area contributed by atoms with Crippen LogP contribution in [0, 0.1) is 5.92 Å². The molecule has 0 spiro atoms. The quantitative estimate of drug-likeness (QED) is 0.291. The van der Waals surface area contributed by atoms with E-state index in [1.54, 1.807) is 0 Å². The third kappa shape index (κ3) is 4.90. The Morgan fingerprint density at radius 1 is 1.89 bits per heavy atom. The molecule has 54 valence electrons. The van der Waals surface area contributed by atoms with E-state index < -0.39 is 0 Å². The van der Waals surface area contributed by atoms with Gasteiger partial charge in [-0.05, 0) is 12.3 Å². The molecule has 0 amide bonds. The van der Waals surface area contributed by atoms with Gasteiger partial charge < -0.3 is 0 Å². The van der Waals surface area contributed by atoms with E-state index in [0.717, 1.165) is 6.42 Å². The van der Waals surface area contributed by atoms with Crippen molar-refractivity contribution in [2.45, 2.75) is 18.8 Å². The lowest BCUT2D eigenvalue weighted by molar-refractivity contribution is 0.610. The van der Waals surface area contributed by atoms with Crippen molar-refractivity contribution >= 4 is 21.0 Å². The molecule has 0 heterocycles. The Morgan fingerprint density at radius 3 is 2.78 bits per heavy atom. The van der Waals surface area contributed by atoms with Crippen molar-refractivity contribution in [3.05, 3.63) is 12.7 Å². The van der Waals surface area contributed by atoms with Gasteiger partial charge in [0.1, 0.15) is 0 Å². The van der Waals surface area contributed by atoms with E-state index in [-0.39, 0.29) is 5.50 Å². The molecule has 3 heteroatoms. The van der Waals surface area contributed by atoms with Crippen LogP contribution < -0.4 is 5.09 Å². The highest BCUT2D eigenvalue weighted by molar-refractivity contribution is 7.13. The predicted molar refractivity (Wildman–Crippen MR) is 46.5 cm³/mol. The monoisotopic (exact) mass is 165 g/mol. The van der Waals surface area contributed by atoms with Crippen LogP contribution in [0.15, 0.2) is 12.7 Å². The van der Waals surface area contributed by atoms with Crippen LogP contribution in [0.4, 0.5) is 0 Å². The van der Waals surface area contributed by atoms with Gasteiger partial charge in [0.15, 0.2) is 0 Å². The van der Waals surface area contributed by atoms with Crippen molar-refractivity contribution in [2.24, 2.45) is 5.92 Å². The molecular formula is C6H13ClNP. The fourth-order valence-electron chi connectivity index (χ4n) is 0.491. The second-order valence-corrected chi connectivity index (χ2v) is 2.94. The Kier molecular flexibility index (Phi) is 5.47. The standard InChI is InChI=1S/C6H13ClNP/c1-3-5(2)4-6(7)8-9/h3,5-6,8H,1,4,9H2,2H3. The first-order chi connectivity index (χ1) is 4.20. The maximum absolute atomic E-state index is 5.76. The lowest BCUT2D eigenvalue weighted by Crippen LogP contribution is -2.14. The summed E-state index contributed by atoms with van der Waals surface area (Å²) in [5, 5.41) is 2.86. The smallest absolute Gasteiger partial charge is 0.0859 e. The summed E-state index contributed by atoms with van der Waals surface area (Å²) < 4.78 is 0. The second kappa shape index (κ2) is 5.22. The molecule has 1 N–H and O–H groups in total. The zero-order chi connectivity index (χ0) is 7.28. The van der Waals surface area contributed by atoms with Gasteiger partial charge in [0.2, 0.25) is 0 Å². The molecule has 0 aliphatic carbocycles. The van der Waals surface area contributed by atoms with Crippen LogP contribution in [0.1, 0.15) is 13.3 Å². The summed E-state index contributed by atoms with van der Waals surface area (Å²) in [7, 11) is 2.39. The van der Waals surface area contributed by atoms with Crippen molar-refractivity contribution in [1.29, 1.82) is 0 Å². The molecule has 0 saturated carbocycles. The van der Waals surface area contributed by atoms with E-state index >= 15 is 0 Å². The van der Waals surface area contributed by atoms with Crippen LogP contribution in [0.3, 0.4) is 0 Å². The minimum absolute atomic E-state index is 0.0444. The first kappa shape index (κ1) is 9.42. The molecule has 3 unspecified atom stereocenters. The summed E-state index contributed by atoms with van der Waals surface area (Å²) in [4.78, 5) is 0. The maximum Gasteiger partial charge on any atom is 0.0859 e. The second-order valence-electron chi connectivity index (χ2n) is 2.08. The molecule has 0 radical (unpaired) electrons. The van der Waals surface area contributed by atoms with Gasteiger partial charge in [0.25, 0.3) is 0 Å². The van der Waals surface area contributed by atoms with Crippen LogP contribution in [0.25, 0.3) is 0 Å². The molecule has 0 aliphatic heterocycles. The minimum Gasteiger partial charge on any atom is -0.285 e. The molecule has 0 saturated heterocycles. The van der Waals surface area contributed by atoms with Gasteiger partial charge in [0, 0.05) is 0 Å². The SMILES string of the molecule is C=CC(C)CC(Cl)NP. The van der Waals surface area contributed by atoms with Crippen LogP contribution in [0.2, 0.25) is 0 Å². The summed E-state index contributed by atoms with van der Waals surface area (Å²) in [5.41, 5.74) is 0.0444. The van der Waals surface area contributed by atoms with Crippen molar-refractivity contribution < 1.29 is 0 Å². The van der Waals surface area contributed by atoms with Crippen LogP contribution in [0.5, 0.6) is 0 Å². The first-order valence-corrected chi connectivity index (χ1v) is 3.94. The summed E-state index contributed by atoms with van der Waals surface area (Å²) in [6, 6.07) is 0. The lowest BCUT2D eigenvalue weighted by atomic mass is 10.1. The van der Waals surface area contributed by atoms with E-state index in [2.05, 4.69) is 28.0 Å². The van der Waals surface area contributed by atoms with Gasteiger partial charge in [-0.2, -0.15) is 0 Å². The number of hydrogen-bond acceptors (Lipinski definition) is 1. The Morgan fingerprint density at radius 2 is 2.44 bits per heavy atom. The third-order valence-electron chi connectivity index (χ3n) is 1.16. The van der Waals surface area contributed by atoms with E-state index in [0.29, 0.717) is 5.92 Å². The predicted octanol–water partition coefficient (Wildman–Crippen LogP) is 2.14. The zero-order valence-electron chi connectivity index (χ0n) is 5.60. The normalized spacial score (nSPS) is 16.8. The Bertz CT molecular complexity index is 87.1. The Hall–Kier alpha value is 0.420. The van der Waals surface area contributed by atoms with E-state index in [1.165, 1.54) is 0 Å². The average molecular weight is 166 g/mol. The van der Waals surface area contributed by atoms with Crippen LogP contribution >= 0.6 is 21.0 Å². The molecular weight excluding hydrogens is 152 g/mol. The number of halogens is 1. The Labute approximate surface area is 64.1 Å². The topological polar surface area (TPSA) is 12.0 Å². The van der Waals surface area contributed by atoms with Crippen LogP contribution in [-0.4, -0.2) is 5.50 Å². The van der Waals surface area contributed by atoms with Gasteiger partial charge in [-0.15, -0.1) is 18.2 Å². The largest absolute Gasteiger partial charge is 0.285 e. The van der Waals surface area contributed by atoms with E-state index in [9.17, 15) is 0 Å². The van der Waals surface area contributed by atoms with Gasteiger partial charge in [-0.3, -0.25) is 5.09 Å². The average Bonchev–Trinajstić information content (AvgIpc) is 1.87. The van der Waals surface area contributed by atoms with Gasteiger partial charge >= 0.3 is 0 Å². The molecule has 0 rings (SSSR count). The summed E-state index contributed by atoms with van der Waals surface area (Å²) in [6.07, 6.45) is 2.83. The van der Waals surface area contributed by atoms with Gasteiger partial charge in [0.05, 0.1) is 5.50 Å². The van der Waals surface area contributed by atoms with Gasteiger partial charge in [-0.1, -0.05) is 22.4 Å². The Balaban J connectivity index is 3.33. The summed E-state index contributed by atoms with van der Waals surface area (Å²) in [6.45, 7) is 5.74. The number of allylic oxidation sites excluding steroid dienone is 1. The third-order valence-corrected chi connectivity index (χ3v) is 2.08. The fraction of sp³-hybridized carbons (Fsp3) is 0.667. The van der Waals surface area contributed by atoms with E-state index in [4.69, 9.17) is 11.6 Å². The first-order valence-electron chi connectivity index (χ1n) is 2.93. The van der Waals surface area contributed by atoms with Crippen molar-refractivity contribution in [1.82, 2.24) is 5.09 Å². The molecule has 0 aromatic heterocycles. The molecule has 0 fully saturated rings. The molecule has 9 heavy (non-hydrogen) atoms. The molecule has 3 atom stereocenters. The maximum atomic E-state index is 5.76.